The zero-order valence-corrected chi connectivity index (χ0v) is 9.32. The summed E-state index contributed by atoms with van der Waals surface area (Å²) in [6, 6.07) is 6.61. The molecule has 1 heterocycles. The van der Waals surface area contributed by atoms with Crippen molar-refractivity contribution in [1.29, 1.82) is 0 Å². The minimum Gasteiger partial charge on any atom is -0.383 e. The van der Waals surface area contributed by atoms with Gasteiger partial charge in [-0.15, -0.1) is 0 Å². The van der Waals surface area contributed by atoms with Crippen molar-refractivity contribution in [3.63, 3.8) is 0 Å². The molecule has 1 aromatic carbocycles. The van der Waals surface area contributed by atoms with Crippen LogP contribution >= 0.6 is 0 Å². The first-order valence-electron chi connectivity index (χ1n) is 4.53. The first kappa shape index (κ1) is 10.8. The number of para-hydroxylation sites is 1. The van der Waals surface area contributed by atoms with Gasteiger partial charge in [-0.05, 0) is 13.0 Å². The Kier molecular flexibility index (Phi) is 2.32. The summed E-state index contributed by atoms with van der Waals surface area (Å²) in [6.45, 7) is 1.51. The molecule has 0 aliphatic heterocycles. The smallest absolute Gasteiger partial charge is 0.295 e. The second-order valence-corrected chi connectivity index (χ2v) is 4.80. The van der Waals surface area contributed by atoms with Gasteiger partial charge in [-0.25, -0.2) is 4.98 Å². The van der Waals surface area contributed by atoms with Crippen molar-refractivity contribution >= 4 is 26.8 Å². The van der Waals surface area contributed by atoms with E-state index in [0.717, 1.165) is 0 Å². The van der Waals surface area contributed by atoms with Crippen LogP contribution in [0.15, 0.2) is 29.2 Å². The standard InChI is InChI=1S/C10H10N2O3S/c1-6-9(16(13,14)15)7-4-2-3-5-8(7)12-10(6)11/h2-5H,1H3,(H2,11,12)(H,13,14,15). The van der Waals surface area contributed by atoms with E-state index in [2.05, 4.69) is 4.98 Å². The van der Waals surface area contributed by atoms with E-state index >= 15 is 0 Å². The summed E-state index contributed by atoms with van der Waals surface area (Å²) in [6.07, 6.45) is 0. The number of nitrogens with zero attached hydrogens (tertiary/aromatic N) is 1. The number of hydrogen-bond acceptors (Lipinski definition) is 4. The van der Waals surface area contributed by atoms with E-state index in [4.69, 9.17) is 5.73 Å². The van der Waals surface area contributed by atoms with Crippen LogP contribution in [-0.2, 0) is 10.1 Å². The average molecular weight is 238 g/mol. The van der Waals surface area contributed by atoms with Gasteiger partial charge in [-0.1, -0.05) is 18.2 Å². The molecule has 0 saturated heterocycles. The summed E-state index contributed by atoms with van der Waals surface area (Å²) in [5.74, 6) is 0.103. The molecule has 0 aliphatic rings. The number of nitrogens with two attached hydrogens (primary N) is 1. The minimum absolute atomic E-state index is 0.103. The fourth-order valence-electron chi connectivity index (χ4n) is 1.63. The number of anilines is 1. The van der Waals surface area contributed by atoms with Gasteiger partial charge in [-0.3, -0.25) is 4.55 Å². The van der Waals surface area contributed by atoms with Crippen LogP contribution in [-0.4, -0.2) is 18.0 Å². The molecule has 0 unspecified atom stereocenters. The molecular weight excluding hydrogens is 228 g/mol. The molecule has 5 nitrogen and oxygen atoms in total. The summed E-state index contributed by atoms with van der Waals surface area (Å²) >= 11 is 0. The average Bonchev–Trinajstić information content (AvgIpc) is 2.17. The lowest BCUT2D eigenvalue weighted by atomic mass is 10.1. The quantitative estimate of drug-likeness (QED) is 0.732. The molecule has 16 heavy (non-hydrogen) atoms. The molecule has 0 fully saturated rings. The molecule has 2 aromatic rings. The van der Waals surface area contributed by atoms with Crippen molar-refractivity contribution in [2.24, 2.45) is 0 Å². The second kappa shape index (κ2) is 3.43. The van der Waals surface area contributed by atoms with Gasteiger partial charge in [0, 0.05) is 10.9 Å². The van der Waals surface area contributed by atoms with E-state index < -0.39 is 10.1 Å². The molecule has 0 amide bonds. The third kappa shape index (κ3) is 1.62. The maximum Gasteiger partial charge on any atom is 0.295 e. The van der Waals surface area contributed by atoms with Gasteiger partial charge in [0.05, 0.1) is 5.52 Å². The fraction of sp³-hybridized carbons (Fsp3) is 0.100. The highest BCUT2D eigenvalue weighted by atomic mass is 32.2. The van der Waals surface area contributed by atoms with Gasteiger partial charge in [0.15, 0.2) is 0 Å². The Morgan fingerprint density at radius 1 is 1.31 bits per heavy atom. The summed E-state index contributed by atoms with van der Waals surface area (Å²) in [5.41, 5.74) is 6.30. The molecule has 0 atom stereocenters. The number of rotatable bonds is 1. The first-order valence-corrected chi connectivity index (χ1v) is 5.97. The highest BCUT2D eigenvalue weighted by Crippen LogP contribution is 2.27. The maximum atomic E-state index is 11.3. The third-order valence-electron chi connectivity index (χ3n) is 2.37. The summed E-state index contributed by atoms with van der Waals surface area (Å²) in [4.78, 5) is 3.88. The molecule has 0 bridgehead atoms. The lowest BCUT2D eigenvalue weighted by Crippen LogP contribution is -2.06. The molecule has 0 radical (unpaired) electrons. The molecule has 2 rings (SSSR count). The number of pyridine rings is 1. The Labute approximate surface area is 92.7 Å². The zero-order valence-electron chi connectivity index (χ0n) is 8.51. The van der Waals surface area contributed by atoms with Gasteiger partial charge >= 0.3 is 0 Å². The van der Waals surface area contributed by atoms with Crippen molar-refractivity contribution < 1.29 is 13.0 Å². The normalized spacial score (nSPS) is 11.9. The monoisotopic (exact) mass is 238 g/mol. The van der Waals surface area contributed by atoms with E-state index in [1.807, 2.05) is 0 Å². The van der Waals surface area contributed by atoms with E-state index in [0.29, 0.717) is 10.9 Å². The van der Waals surface area contributed by atoms with Crippen LogP contribution in [0.4, 0.5) is 5.82 Å². The summed E-state index contributed by atoms with van der Waals surface area (Å²) < 4.78 is 31.8. The van der Waals surface area contributed by atoms with Crippen molar-refractivity contribution in [3.05, 3.63) is 29.8 Å². The Morgan fingerprint density at radius 3 is 2.56 bits per heavy atom. The number of aromatic nitrogens is 1. The molecule has 0 spiro atoms. The van der Waals surface area contributed by atoms with Crippen LogP contribution in [0.3, 0.4) is 0 Å². The van der Waals surface area contributed by atoms with E-state index in [1.54, 1.807) is 24.3 Å². The van der Waals surface area contributed by atoms with Gasteiger partial charge in [0.2, 0.25) is 0 Å². The highest BCUT2D eigenvalue weighted by molar-refractivity contribution is 7.86. The van der Waals surface area contributed by atoms with Crippen LogP contribution < -0.4 is 5.73 Å². The van der Waals surface area contributed by atoms with Crippen molar-refractivity contribution in [2.45, 2.75) is 11.8 Å². The van der Waals surface area contributed by atoms with Crippen LogP contribution in [0.25, 0.3) is 10.9 Å². The minimum atomic E-state index is -4.30. The van der Waals surface area contributed by atoms with Crippen LogP contribution in [0.2, 0.25) is 0 Å². The number of benzene rings is 1. The fourth-order valence-corrected chi connectivity index (χ4v) is 2.57. The Balaban J connectivity index is 3.05. The predicted molar refractivity (Wildman–Crippen MR) is 60.7 cm³/mol. The Hall–Kier alpha value is -1.66. The summed E-state index contributed by atoms with van der Waals surface area (Å²) in [5, 5.41) is 0.372. The zero-order chi connectivity index (χ0) is 11.9. The van der Waals surface area contributed by atoms with E-state index in [-0.39, 0.29) is 16.3 Å². The number of nitrogen functional groups attached to an aromatic ring is 1. The lowest BCUT2D eigenvalue weighted by Gasteiger charge is -2.09. The topological polar surface area (TPSA) is 93.3 Å². The molecular formula is C10H10N2O3S. The Bertz CT molecular complexity index is 665. The molecule has 0 saturated carbocycles. The van der Waals surface area contributed by atoms with Crippen LogP contribution in [0, 0.1) is 6.92 Å². The highest BCUT2D eigenvalue weighted by Gasteiger charge is 2.19. The first-order chi connectivity index (χ1) is 7.41. The number of hydrogen-bond donors (Lipinski definition) is 2. The molecule has 0 aliphatic carbocycles. The summed E-state index contributed by atoms with van der Waals surface area (Å²) in [7, 11) is -4.30. The molecule has 1 aromatic heterocycles. The lowest BCUT2D eigenvalue weighted by molar-refractivity contribution is 0.483. The SMILES string of the molecule is Cc1c(N)nc2ccccc2c1S(=O)(=O)O. The molecule has 84 valence electrons. The van der Waals surface area contributed by atoms with Crippen LogP contribution in [0.5, 0.6) is 0 Å². The van der Waals surface area contributed by atoms with E-state index in [9.17, 15) is 13.0 Å². The van der Waals surface area contributed by atoms with Crippen molar-refractivity contribution in [1.82, 2.24) is 4.98 Å². The molecule has 3 N–H and O–H groups in total. The van der Waals surface area contributed by atoms with Gasteiger partial charge in [0.25, 0.3) is 10.1 Å². The largest absolute Gasteiger partial charge is 0.383 e. The predicted octanol–water partition coefficient (Wildman–Crippen LogP) is 1.37. The van der Waals surface area contributed by atoms with Gasteiger partial charge in [0.1, 0.15) is 10.7 Å². The Morgan fingerprint density at radius 2 is 1.94 bits per heavy atom. The van der Waals surface area contributed by atoms with E-state index in [1.165, 1.54) is 6.92 Å². The van der Waals surface area contributed by atoms with Crippen molar-refractivity contribution in [3.8, 4) is 0 Å². The maximum absolute atomic E-state index is 11.3. The number of fused-ring (bicyclic) bond motifs is 1. The van der Waals surface area contributed by atoms with Crippen molar-refractivity contribution in [2.75, 3.05) is 5.73 Å². The van der Waals surface area contributed by atoms with Gasteiger partial charge in [-0.2, -0.15) is 8.42 Å². The second-order valence-electron chi connectivity index (χ2n) is 3.44. The van der Waals surface area contributed by atoms with Crippen LogP contribution in [0.1, 0.15) is 5.56 Å². The van der Waals surface area contributed by atoms with Gasteiger partial charge < -0.3 is 5.73 Å². The third-order valence-corrected chi connectivity index (χ3v) is 3.41. The molecule has 6 heteroatoms.